The van der Waals surface area contributed by atoms with Crippen molar-refractivity contribution in [3.05, 3.63) is 30.3 Å². The van der Waals surface area contributed by atoms with Crippen LogP contribution in [0.4, 0.5) is 0 Å². The van der Waals surface area contributed by atoms with Crippen molar-refractivity contribution in [3.8, 4) is 0 Å². The molecule has 1 heterocycles. The number of rotatable bonds is 1. The van der Waals surface area contributed by atoms with E-state index in [0.29, 0.717) is 0 Å². The molecule has 1 heteroatoms. The van der Waals surface area contributed by atoms with Crippen molar-refractivity contribution in [1.29, 1.82) is 0 Å². The van der Waals surface area contributed by atoms with E-state index in [1.165, 1.54) is 0 Å². The normalized spacial score (nSPS) is 40.7. The highest BCUT2D eigenvalue weighted by Gasteiger charge is 2.41. The molecule has 1 aliphatic heterocycles. The van der Waals surface area contributed by atoms with E-state index in [9.17, 15) is 0 Å². The predicted molar refractivity (Wildman–Crippen MR) is 70.2 cm³/mol. The summed E-state index contributed by atoms with van der Waals surface area (Å²) in [5.41, 5.74) is 1.76. The lowest BCUT2D eigenvalue weighted by molar-refractivity contribution is 0.413. The van der Waals surface area contributed by atoms with Gasteiger partial charge in [0.05, 0.1) is 0 Å². The van der Waals surface area contributed by atoms with E-state index in [2.05, 4.69) is 58.0 Å². The Morgan fingerprint density at radius 3 is 1.73 bits per heavy atom. The average Bonchev–Trinajstić information content (AvgIpc) is 2.45. The van der Waals surface area contributed by atoms with Crippen molar-refractivity contribution in [2.45, 2.75) is 39.0 Å². The lowest BCUT2D eigenvalue weighted by atomic mass is 9.92. The molecule has 1 aromatic carbocycles. The molecule has 0 aliphatic carbocycles. The summed E-state index contributed by atoms with van der Waals surface area (Å²) in [7, 11) is 0.0586. The van der Waals surface area contributed by atoms with Gasteiger partial charge in [0.25, 0.3) is 0 Å². The van der Waals surface area contributed by atoms with Crippen LogP contribution < -0.4 is 5.30 Å². The highest BCUT2D eigenvalue weighted by atomic mass is 31.1. The van der Waals surface area contributed by atoms with Crippen LogP contribution in [0.15, 0.2) is 30.3 Å². The first-order valence-corrected chi connectivity index (χ1v) is 7.44. The Bertz CT molecular complexity index is 305. The second-order valence-electron chi connectivity index (χ2n) is 4.94. The molecule has 1 saturated heterocycles. The standard InChI is InChI=1S/C14H21P/c1-10-11(2)13(4)15(12(10)3)14-8-6-5-7-9-14/h5-13H,1-4H3/t10-,11-,12-,13-/m0/s1. The molecular formula is C14H21P. The Kier molecular flexibility index (Phi) is 3.16. The third kappa shape index (κ3) is 1.85. The highest BCUT2D eigenvalue weighted by molar-refractivity contribution is 7.67. The molecule has 2 rings (SSSR count). The van der Waals surface area contributed by atoms with E-state index < -0.39 is 0 Å². The van der Waals surface area contributed by atoms with E-state index in [-0.39, 0.29) is 7.92 Å². The van der Waals surface area contributed by atoms with Gasteiger partial charge in [-0.25, -0.2) is 0 Å². The fourth-order valence-electron chi connectivity index (χ4n) is 2.83. The van der Waals surface area contributed by atoms with E-state index in [1.807, 2.05) is 0 Å². The van der Waals surface area contributed by atoms with Gasteiger partial charge in [-0.3, -0.25) is 0 Å². The molecule has 1 aromatic rings. The third-order valence-corrected chi connectivity index (χ3v) is 7.87. The van der Waals surface area contributed by atoms with E-state index in [0.717, 1.165) is 23.2 Å². The summed E-state index contributed by atoms with van der Waals surface area (Å²) in [5.74, 6) is 1.76. The van der Waals surface area contributed by atoms with Crippen LogP contribution in [-0.2, 0) is 0 Å². The molecule has 15 heavy (non-hydrogen) atoms. The third-order valence-electron chi connectivity index (χ3n) is 4.28. The summed E-state index contributed by atoms with van der Waals surface area (Å²) in [6.07, 6.45) is 0. The molecule has 0 aromatic heterocycles. The van der Waals surface area contributed by atoms with E-state index >= 15 is 0 Å². The van der Waals surface area contributed by atoms with Crippen LogP contribution in [0, 0.1) is 11.8 Å². The summed E-state index contributed by atoms with van der Waals surface area (Å²) in [6, 6.07) is 11.1. The van der Waals surface area contributed by atoms with Gasteiger partial charge in [-0.1, -0.05) is 65.9 Å². The van der Waals surface area contributed by atoms with Gasteiger partial charge in [0.2, 0.25) is 0 Å². The Labute approximate surface area is 94.8 Å². The maximum absolute atomic E-state index is 2.45. The molecular weight excluding hydrogens is 199 g/mol. The van der Waals surface area contributed by atoms with Crippen LogP contribution in [0.1, 0.15) is 27.7 Å². The van der Waals surface area contributed by atoms with Crippen LogP contribution >= 0.6 is 7.92 Å². The molecule has 0 bridgehead atoms. The molecule has 0 nitrogen and oxygen atoms in total. The van der Waals surface area contributed by atoms with Crippen molar-refractivity contribution in [2.75, 3.05) is 0 Å². The second kappa shape index (κ2) is 4.26. The Balaban J connectivity index is 2.30. The summed E-state index contributed by atoms with van der Waals surface area (Å²) in [6.45, 7) is 9.75. The van der Waals surface area contributed by atoms with Crippen molar-refractivity contribution in [2.24, 2.45) is 11.8 Å². The zero-order chi connectivity index (χ0) is 11.0. The smallest absolute Gasteiger partial charge is 0.0166 e. The van der Waals surface area contributed by atoms with Crippen LogP contribution in [0.2, 0.25) is 0 Å². The molecule has 0 saturated carbocycles. The van der Waals surface area contributed by atoms with Crippen molar-refractivity contribution in [3.63, 3.8) is 0 Å². The van der Waals surface area contributed by atoms with Crippen LogP contribution in [-0.4, -0.2) is 11.3 Å². The minimum Gasteiger partial charge on any atom is -0.0690 e. The molecule has 4 atom stereocenters. The summed E-state index contributed by atoms with van der Waals surface area (Å²) in [4.78, 5) is 0. The molecule has 0 spiro atoms. The molecule has 0 unspecified atom stereocenters. The highest BCUT2D eigenvalue weighted by Crippen LogP contribution is 2.59. The first-order chi connectivity index (χ1) is 7.13. The van der Waals surface area contributed by atoms with Gasteiger partial charge in [0.15, 0.2) is 0 Å². The number of hydrogen-bond acceptors (Lipinski definition) is 0. The van der Waals surface area contributed by atoms with Crippen molar-refractivity contribution >= 4 is 13.2 Å². The maximum atomic E-state index is 2.45. The van der Waals surface area contributed by atoms with Gasteiger partial charge in [0.1, 0.15) is 0 Å². The fraction of sp³-hybridized carbons (Fsp3) is 0.571. The molecule has 0 amide bonds. The quantitative estimate of drug-likeness (QED) is 0.630. The maximum Gasteiger partial charge on any atom is -0.0166 e. The van der Waals surface area contributed by atoms with Crippen LogP contribution in [0.3, 0.4) is 0 Å². The first kappa shape index (κ1) is 11.1. The molecule has 0 radical (unpaired) electrons. The molecule has 1 fully saturated rings. The van der Waals surface area contributed by atoms with E-state index in [4.69, 9.17) is 0 Å². The molecule has 82 valence electrons. The number of hydrogen-bond donors (Lipinski definition) is 0. The van der Waals surface area contributed by atoms with Gasteiger partial charge in [-0.15, -0.1) is 0 Å². The lowest BCUT2D eigenvalue weighted by Crippen LogP contribution is -2.12. The Morgan fingerprint density at radius 2 is 1.27 bits per heavy atom. The molecule has 0 N–H and O–H groups in total. The van der Waals surface area contributed by atoms with Crippen molar-refractivity contribution < 1.29 is 0 Å². The van der Waals surface area contributed by atoms with Gasteiger partial charge in [-0.2, -0.15) is 0 Å². The Hall–Kier alpha value is -0.350. The van der Waals surface area contributed by atoms with Gasteiger partial charge < -0.3 is 0 Å². The minimum absolute atomic E-state index is 0.0586. The summed E-state index contributed by atoms with van der Waals surface area (Å²) >= 11 is 0. The summed E-state index contributed by atoms with van der Waals surface area (Å²) < 4.78 is 0. The zero-order valence-corrected chi connectivity index (χ0v) is 11.0. The van der Waals surface area contributed by atoms with Crippen LogP contribution in [0.5, 0.6) is 0 Å². The first-order valence-electron chi connectivity index (χ1n) is 5.96. The van der Waals surface area contributed by atoms with Crippen molar-refractivity contribution in [1.82, 2.24) is 0 Å². The SMILES string of the molecule is C[C@H]1[C@H](C)[C@H](C)P(c2ccccc2)[C@H]1C. The van der Waals surface area contributed by atoms with Gasteiger partial charge in [0, 0.05) is 0 Å². The predicted octanol–water partition coefficient (Wildman–Crippen LogP) is 3.86. The minimum atomic E-state index is 0.0586. The number of benzene rings is 1. The molecule has 1 aliphatic rings. The Morgan fingerprint density at radius 1 is 0.800 bits per heavy atom. The van der Waals surface area contributed by atoms with Crippen LogP contribution in [0.25, 0.3) is 0 Å². The summed E-state index contributed by atoms with van der Waals surface area (Å²) in [5, 5.41) is 1.60. The monoisotopic (exact) mass is 220 g/mol. The largest absolute Gasteiger partial charge is 0.0690 e. The zero-order valence-electron chi connectivity index (χ0n) is 10.1. The van der Waals surface area contributed by atoms with Gasteiger partial charge >= 0.3 is 0 Å². The van der Waals surface area contributed by atoms with Gasteiger partial charge in [-0.05, 0) is 28.5 Å². The fourth-order valence-corrected chi connectivity index (χ4v) is 6.58. The average molecular weight is 220 g/mol. The topological polar surface area (TPSA) is 0 Å². The lowest BCUT2D eigenvalue weighted by Gasteiger charge is -2.22. The van der Waals surface area contributed by atoms with E-state index in [1.54, 1.807) is 5.30 Å². The second-order valence-corrected chi connectivity index (χ2v) is 7.90.